The maximum Gasteiger partial charge on any atom is 0.228 e. The van der Waals surface area contributed by atoms with Crippen LogP contribution in [0.2, 0.25) is 0 Å². The molecule has 1 aliphatic heterocycles. The van der Waals surface area contributed by atoms with Crippen molar-refractivity contribution >= 4 is 23.0 Å². The van der Waals surface area contributed by atoms with Crippen LogP contribution in [0.1, 0.15) is 25.3 Å². The molecular formula is C13H17N3O. The number of nitrogens with one attached hydrogen (secondary N) is 1. The summed E-state index contributed by atoms with van der Waals surface area (Å²) >= 11 is 0. The number of carbonyl (C=O) groups is 1. The van der Waals surface area contributed by atoms with Crippen molar-refractivity contribution in [2.75, 3.05) is 22.5 Å². The van der Waals surface area contributed by atoms with Gasteiger partial charge in [0.15, 0.2) is 0 Å². The molecule has 0 unspecified atom stereocenters. The van der Waals surface area contributed by atoms with E-state index in [1.54, 1.807) is 0 Å². The maximum absolute atomic E-state index is 11.3. The first-order valence-corrected chi connectivity index (χ1v) is 6.18. The summed E-state index contributed by atoms with van der Waals surface area (Å²) in [5, 5.41) is 2.88. The van der Waals surface area contributed by atoms with Crippen molar-refractivity contribution in [3.63, 3.8) is 0 Å². The highest BCUT2D eigenvalue weighted by molar-refractivity contribution is 6.01. The summed E-state index contributed by atoms with van der Waals surface area (Å²) in [6.07, 6.45) is 2.95. The molecule has 0 bridgehead atoms. The molecule has 1 heterocycles. The zero-order chi connectivity index (χ0) is 12.0. The molecule has 1 aliphatic carbocycles. The van der Waals surface area contributed by atoms with Crippen LogP contribution >= 0.6 is 0 Å². The fourth-order valence-electron chi connectivity index (χ4n) is 2.54. The number of benzene rings is 1. The molecule has 1 saturated carbocycles. The average molecular weight is 231 g/mol. The summed E-state index contributed by atoms with van der Waals surface area (Å²) in [6.45, 7) is 3.10. The van der Waals surface area contributed by atoms with Gasteiger partial charge < -0.3 is 16.0 Å². The minimum Gasteiger partial charge on any atom is -0.397 e. The Bertz CT molecular complexity index is 480. The Morgan fingerprint density at radius 2 is 2.24 bits per heavy atom. The van der Waals surface area contributed by atoms with E-state index in [2.05, 4.69) is 17.1 Å². The molecule has 90 valence electrons. The number of nitrogens with zero attached hydrogens (tertiary/aromatic N) is 1. The molecule has 1 fully saturated rings. The van der Waals surface area contributed by atoms with Gasteiger partial charge in [0.1, 0.15) is 0 Å². The predicted molar refractivity (Wildman–Crippen MR) is 69.2 cm³/mol. The first-order chi connectivity index (χ1) is 8.19. The number of hydrogen-bond acceptors (Lipinski definition) is 3. The highest BCUT2D eigenvalue weighted by atomic mass is 16.1. The minimum absolute atomic E-state index is 0.0611. The van der Waals surface area contributed by atoms with E-state index >= 15 is 0 Å². The van der Waals surface area contributed by atoms with Crippen molar-refractivity contribution in [1.82, 2.24) is 0 Å². The van der Waals surface area contributed by atoms with E-state index < -0.39 is 0 Å². The van der Waals surface area contributed by atoms with Crippen LogP contribution in [0.25, 0.3) is 0 Å². The molecule has 0 spiro atoms. The van der Waals surface area contributed by atoms with Crippen LogP contribution in [0.5, 0.6) is 0 Å². The van der Waals surface area contributed by atoms with Gasteiger partial charge in [-0.2, -0.15) is 0 Å². The van der Waals surface area contributed by atoms with Crippen LogP contribution in [0, 0.1) is 0 Å². The molecule has 0 saturated heterocycles. The molecule has 3 rings (SSSR count). The first-order valence-electron chi connectivity index (χ1n) is 6.18. The molecule has 0 aromatic heterocycles. The molecule has 2 aliphatic rings. The van der Waals surface area contributed by atoms with Gasteiger partial charge in [-0.05, 0) is 37.5 Å². The van der Waals surface area contributed by atoms with E-state index in [-0.39, 0.29) is 5.91 Å². The lowest BCUT2D eigenvalue weighted by Crippen LogP contribution is -2.26. The number of nitrogen functional groups attached to an aromatic ring is 1. The second-order valence-corrected chi connectivity index (χ2v) is 4.81. The summed E-state index contributed by atoms with van der Waals surface area (Å²) in [6, 6.07) is 4.60. The quantitative estimate of drug-likeness (QED) is 0.779. The summed E-state index contributed by atoms with van der Waals surface area (Å²) in [7, 11) is 0. The van der Waals surface area contributed by atoms with Gasteiger partial charge in [0, 0.05) is 18.3 Å². The molecule has 1 aromatic rings. The van der Waals surface area contributed by atoms with E-state index in [1.165, 1.54) is 12.8 Å². The van der Waals surface area contributed by atoms with E-state index in [4.69, 9.17) is 5.73 Å². The van der Waals surface area contributed by atoms with Crippen LogP contribution < -0.4 is 16.0 Å². The zero-order valence-corrected chi connectivity index (χ0v) is 9.99. The lowest BCUT2D eigenvalue weighted by molar-refractivity contribution is -0.115. The smallest absolute Gasteiger partial charge is 0.228 e. The minimum atomic E-state index is 0.0611. The fraction of sp³-hybridized carbons (Fsp3) is 0.462. The van der Waals surface area contributed by atoms with Crippen LogP contribution in [0.15, 0.2) is 12.1 Å². The number of fused-ring (bicyclic) bond motifs is 1. The van der Waals surface area contributed by atoms with Gasteiger partial charge in [-0.1, -0.05) is 0 Å². The summed E-state index contributed by atoms with van der Waals surface area (Å²) in [4.78, 5) is 13.7. The standard InChI is InChI=1S/C13H17N3O/c1-2-16(9-3-4-9)12-7-11-8(5-10(12)14)6-13(17)15-11/h5,7,9H,2-4,6,14H2,1H3,(H,15,17). The molecule has 0 atom stereocenters. The highest BCUT2D eigenvalue weighted by Gasteiger charge is 2.30. The summed E-state index contributed by atoms with van der Waals surface area (Å²) in [5.74, 6) is 0.0611. The Kier molecular flexibility index (Phi) is 2.24. The Morgan fingerprint density at radius 1 is 1.47 bits per heavy atom. The van der Waals surface area contributed by atoms with Crippen molar-refractivity contribution in [2.45, 2.75) is 32.2 Å². The Balaban J connectivity index is 2.00. The summed E-state index contributed by atoms with van der Waals surface area (Å²) < 4.78 is 0. The van der Waals surface area contributed by atoms with Crippen molar-refractivity contribution in [3.05, 3.63) is 17.7 Å². The van der Waals surface area contributed by atoms with Crippen molar-refractivity contribution in [3.8, 4) is 0 Å². The number of nitrogens with two attached hydrogens (primary N) is 1. The van der Waals surface area contributed by atoms with Crippen LogP contribution in [-0.4, -0.2) is 18.5 Å². The van der Waals surface area contributed by atoms with Crippen molar-refractivity contribution in [2.24, 2.45) is 0 Å². The molecule has 3 N–H and O–H groups in total. The van der Waals surface area contributed by atoms with Crippen molar-refractivity contribution < 1.29 is 4.79 Å². The van der Waals surface area contributed by atoms with Gasteiger partial charge in [0.2, 0.25) is 5.91 Å². The number of hydrogen-bond donors (Lipinski definition) is 2. The molecule has 4 nitrogen and oxygen atoms in total. The second-order valence-electron chi connectivity index (χ2n) is 4.81. The largest absolute Gasteiger partial charge is 0.397 e. The van der Waals surface area contributed by atoms with E-state index in [0.717, 1.165) is 29.2 Å². The summed E-state index contributed by atoms with van der Waals surface area (Å²) in [5.41, 5.74) is 9.90. The lowest BCUT2D eigenvalue weighted by atomic mass is 10.1. The Hall–Kier alpha value is -1.71. The van der Waals surface area contributed by atoms with Gasteiger partial charge in [-0.15, -0.1) is 0 Å². The van der Waals surface area contributed by atoms with Crippen LogP contribution in [0.3, 0.4) is 0 Å². The van der Waals surface area contributed by atoms with Crippen LogP contribution in [-0.2, 0) is 11.2 Å². The number of carbonyl (C=O) groups excluding carboxylic acids is 1. The lowest BCUT2D eigenvalue weighted by Gasteiger charge is -2.25. The highest BCUT2D eigenvalue weighted by Crippen LogP contribution is 2.38. The number of amides is 1. The van der Waals surface area contributed by atoms with Gasteiger partial charge >= 0.3 is 0 Å². The molecule has 1 aromatic carbocycles. The Morgan fingerprint density at radius 3 is 2.88 bits per heavy atom. The van der Waals surface area contributed by atoms with Crippen LogP contribution in [0.4, 0.5) is 17.1 Å². The van der Waals surface area contributed by atoms with Gasteiger partial charge in [0.05, 0.1) is 17.8 Å². The fourth-order valence-corrected chi connectivity index (χ4v) is 2.54. The predicted octanol–water partition coefficient (Wildman–Crippen LogP) is 1.75. The molecule has 4 heteroatoms. The third kappa shape index (κ3) is 1.73. The second kappa shape index (κ2) is 3.65. The van der Waals surface area contributed by atoms with Gasteiger partial charge in [-0.25, -0.2) is 0 Å². The van der Waals surface area contributed by atoms with E-state index in [9.17, 15) is 4.79 Å². The van der Waals surface area contributed by atoms with Gasteiger partial charge in [-0.3, -0.25) is 4.79 Å². The average Bonchev–Trinajstić information content (AvgIpc) is 3.03. The van der Waals surface area contributed by atoms with E-state index in [1.807, 2.05) is 12.1 Å². The monoisotopic (exact) mass is 231 g/mol. The maximum atomic E-state index is 11.3. The van der Waals surface area contributed by atoms with Gasteiger partial charge in [0.25, 0.3) is 0 Å². The van der Waals surface area contributed by atoms with Crippen molar-refractivity contribution in [1.29, 1.82) is 0 Å². The normalized spacial score (nSPS) is 17.8. The third-order valence-corrected chi connectivity index (χ3v) is 3.52. The Labute approximate surface area is 101 Å². The first kappa shape index (κ1) is 10.4. The number of rotatable bonds is 3. The topological polar surface area (TPSA) is 58.4 Å². The molecule has 17 heavy (non-hydrogen) atoms. The SMILES string of the molecule is CCN(c1cc2c(cc1N)CC(=O)N2)C1CC1. The number of anilines is 3. The van der Waals surface area contributed by atoms with E-state index in [0.29, 0.717) is 12.5 Å². The molecule has 0 radical (unpaired) electrons. The molecule has 1 amide bonds. The zero-order valence-electron chi connectivity index (χ0n) is 9.99. The molecular weight excluding hydrogens is 214 g/mol. The third-order valence-electron chi connectivity index (χ3n) is 3.52.